The van der Waals surface area contributed by atoms with Crippen molar-refractivity contribution in [3.63, 3.8) is 0 Å². The maximum Gasteiger partial charge on any atom is 0.194 e. The van der Waals surface area contributed by atoms with Crippen molar-refractivity contribution in [3.05, 3.63) is 65.2 Å². The molecule has 0 aliphatic carbocycles. The van der Waals surface area contributed by atoms with E-state index in [4.69, 9.17) is 4.99 Å². The number of hydrogen-bond donors (Lipinski definition) is 2. The Labute approximate surface area is 143 Å². The molecule has 0 saturated carbocycles. The monoisotopic (exact) mass is 323 g/mol. The number of phenolic OH excluding ortho intramolecular Hbond substituents is 1. The number of hydrogen-bond acceptors (Lipinski definition) is 2. The van der Waals surface area contributed by atoms with E-state index in [1.54, 1.807) is 12.1 Å². The van der Waals surface area contributed by atoms with Crippen molar-refractivity contribution in [1.82, 2.24) is 10.2 Å². The van der Waals surface area contributed by atoms with E-state index < -0.39 is 0 Å². The van der Waals surface area contributed by atoms with Crippen LogP contribution in [0.4, 0.5) is 0 Å². The SMILES string of the molecule is CCNC(=NCCc1cccc(O)c1)N1CCc2ccccc2C1. The molecule has 4 nitrogen and oxygen atoms in total. The first-order valence-electron chi connectivity index (χ1n) is 8.64. The molecule has 2 N–H and O–H groups in total. The van der Waals surface area contributed by atoms with Crippen molar-refractivity contribution in [2.45, 2.75) is 26.3 Å². The van der Waals surface area contributed by atoms with Crippen LogP contribution in [0.25, 0.3) is 0 Å². The average Bonchev–Trinajstić information content (AvgIpc) is 2.61. The average molecular weight is 323 g/mol. The Morgan fingerprint density at radius 3 is 2.79 bits per heavy atom. The Kier molecular flexibility index (Phi) is 5.36. The third kappa shape index (κ3) is 4.07. The van der Waals surface area contributed by atoms with Gasteiger partial charge in [0.1, 0.15) is 5.75 Å². The first kappa shape index (κ1) is 16.4. The Hall–Kier alpha value is -2.49. The third-order valence-electron chi connectivity index (χ3n) is 4.34. The van der Waals surface area contributed by atoms with E-state index in [0.29, 0.717) is 12.3 Å². The number of aliphatic imine (C=N–C) groups is 1. The van der Waals surface area contributed by atoms with E-state index in [0.717, 1.165) is 44.0 Å². The van der Waals surface area contributed by atoms with Crippen LogP contribution in [0.3, 0.4) is 0 Å². The van der Waals surface area contributed by atoms with Crippen LogP contribution in [0, 0.1) is 0 Å². The number of phenols is 1. The normalized spacial score (nSPS) is 14.4. The lowest BCUT2D eigenvalue weighted by Crippen LogP contribution is -2.44. The van der Waals surface area contributed by atoms with Crippen LogP contribution in [-0.2, 0) is 19.4 Å². The number of guanidine groups is 1. The summed E-state index contributed by atoms with van der Waals surface area (Å²) < 4.78 is 0. The lowest BCUT2D eigenvalue weighted by molar-refractivity contribution is 0.379. The highest BCUT2D eigenvalue weighted by molar-refractivity contribution is 5.80. The molecule has 1 aliphatic rings. The van der Waals surface area contributed by atoms with Gasteiger partial charge in [-0.05, 0) is 48.6 Å². The van der Waals surface area contributed by atoms with Gasteiger partial charge in [0.15, 0.2) is 5.96 Å². The first-order chi connectivity index (χ1) is 11.8. The summed E-state index contributed by atoms with van der Waals surface area (Å²) in [6, 6.07) is 16.1. The zero-order chi connectivity index (χ0) is 16.8. The predicted molar refractivity (Wildman–Crippen MR) is 98.3 cm³/mol. The number of fused-ring (bicyclic) bond motifs is 1. The number of aromatic hydroxyl groups is 1. The minimum Gasteiger partial charge on any atom is -0.508 e. The van der Waals surface area contributed by atoms with Crippen LogP contribution in [0.15, 0.2) is 53.5 Å². The zero-order valence-corrected chi connectivity index (χ0v) is 14.2. The fraction of sp³-hybridized carbons (Fsp3) is 0.350. The number of benzene rings is 2. The zero-order valence-electron chi connectivity index (χ0n) is 14.2. The van der Waals surface area contributed by atoms with Gasteiger partial charge in [0.25, 0.3) is 0 Å². The molecule has 0 fully saturated rings. The topological polar surface area (TPSA) is 47.9 Å². The summed E-state index contributed by atoms with van der Waals surface area (Å²) in [4.78, 5) is 7.11. The van der Waals surface area contributed by atoms with Crippen molar-refractivity contribution >= 4 is 5.96 Å². The Balaban J connectivity index is 1.66. The van der Waals surface area contributed by atoms with E-state index in [9.17, 15) is 5.11 Å². The van der Waals surface area contributed by atoms with Crippen molar-refractivity contribution < 1.29 is 5.11 Å². The fourth-order valence-electron chi connectivity index (χ4n) is 3.11. The van der Waals surface area contributed by atoms with Gasteiger partial charge in [-0.25, -0.2) is 0 Å². The Bertz CT molecular complexity index is 712. The third-order valence-corrected chi connectivity index (χ3v) is 4.34. The number of rotatable bonds is 4. The van der Waals surface area contributed by atoms with E-state index >= 15 is 0 Å². The van der Waals surface area contributed by atoms with E-state index in [1.807, 2.05) is 12.1 Å². The van der Waals surface area contributed by atoms with Crippen LogP contribution < -0.4 is 5.32 Å². The summed E-state index contributed by atoms with van der Waals surface area (Å²) in [7, 11) is 0. The van der Waals surface area contributed by atoms with Crippen molar-refractivity contribution in [3.8, 4) is 5.75 Å². The first-order valence-corrected chi connectivity index (χ1v) is 8.64. The molecule has 0 spiro atoms. The van der Waals surface area contributed by atoms with E-state index in [-0.39, 0.29) is 0 Å². The van der Waals surface area contributed by atoms with Gasteiger partial charge < -0.3 is 15.3 Å². The molecule has 0 aromatic heterocycles. The molecule has 3 rings (SSSR count). The molecule has 2 aromatic rings. The maximum absolute atomic E-state index is 9.55. The van der Waals surface area contributed by atoms with Gasteiger partial charge in [-0.1, -0.05) is 36.4 Å². The lowest BCUT2D eigenvalue weighted by Gasteiger charge is -2.31. The smallest absolute Gasteiger partial charge is 0.194 e. The summed E-state index contributed by atoms with van der Waals surface area (Å²) in [5, 5.41) is 13.0. The molecule has 0 radical (unpaired) electrons. The van der Waals surface area contributed by atoms with E-state index in [1.165, 1.54) is 11.1 Å². The molecule has 0 amide bonds. The van der Waals surface area contributed by atoms with Gasteiger partial charge in [0.05, 0.1) is 0 Å². The highest BCUT2D eigenvalue weighted by Gasteiger charge is 2.18. The molecule has 4 heteroatoms. The second-order valence-corrected chi connectivity index (χ2v) is 6.10. The summed E-state index contributed by atoms with van der Waals surface area (Å²) in [5.74, 6) is 1.29. The largest absolute Gasteiger partial charge is 0.508 e. The van der Waals surface area contributed by atoms with Crippen LogP contribution in [0.1, 0.15) is 23.6 Å². The van der Waals surface area contributed by atoms with Crippen LogP contribution in [0.2, 0.25) is 0 Å². The minimum atomic E-state index is 0.316. The molecule has 0 bridgehead atoms. The number of nitrogens with one attached hydrogen (secondary N) is 1. The Morgan fingerprint density at radius 1 is 1.17 bits per heavy atom. The molecule has 24 heavy (non-hydrogen) atoms. The van der Waals surface area contributed by atoms with E-state index in [2.05, 4.69) is 41.4 Å². The molecule has 2 aromatic carbocycles. The van der Waals surface area contributed by atoms with Crippen LogP contribution in [-0.4, -0.2) is 35.6 Å². The van der Waals surface area contributed by atoms with Gasteiger partial charge in [0, 0.05) is 26.2 Å². The van der Waals surface area contributed by atoms with Gasteiger partial charge in [-0.3, -0.25) is 4.99 Å². The molecular formula is C20H25N3O. The second kappa shape index (κ2) is 7.86. The Morgan fingerprint density at radius 2 is 2.00 bits per heavy atom. The fourth-order valence-corrected chi connectivity index (χ4v) is 3.11. The van der Waals surface area contributed by atoms with Gasteiger partial charge >= 0.3 is 0 Å². The highest BCUT2D eigenvalue weighted by atomic mass is 16.3. The lowest BCUT2D eigenvalue weighted by atomic mass is 10.0. The van der Waals surface area contributed by atoms with Gasteiger partial charge in [0.2, 0.25) is 0 Å². The van der Waals surface area contributed by atoms with Crippen molar-refractivity contribution in [1.29, 1.82) is 0 Å². The molecular weight excluding hydrogens is 298 g/mol. The van der Waals surface area contributed by atoms with Crippen molar-refractivity contribution in [2.75, 3.05) is 19.6 Å². The molecule has 126 valence electrons. The van der Waals surface area contributed by atoms with Crippen molar-refractivity contribution in [2.24, 2.45) is 4.99 Å². The summed E-state index contributed by atoms with van der Waals surface area (Å²) in [6.07, 6.45) is 1.89. The van der Waals surface area contributed by atoms with Crippen LogP contribution in [0.5, 0.6) is 5.75 Å². The molecule has 0 unspecified atom stereocenters. The van der Waals surface area contributed by atoms with Gasteiger partial charge in [-0.2, -0.15) is 0 Å². The highest BCUT2D eigenvalue weighted by Crippen LogP contribution is 2.18. The van der Waals surface area contributed by atoms with Gasteiger partial charge in [-0.15, -0.1) is 0 Å². The quantitative estimate of drug-likeness (QED) is 0.672. The predicted octanol–water partition coefficient (Wildman–Crippen LogP) is 2.96. The minimum absolute atomic E-state index is 0.316. The summed E-state index contributed by atoms with van der Waals surface area (Å²) in [5.41, 5.74) is 3.95. The number of nitrogens with zero attached hydrogens (tertiary/aromatic N) is 2. The maximum atomic E-state index is 9.55. The second-order valence-electron chi connectivity index (χ2n) is 6.10. The molecule has 1 heterocycles. The summed E-state index contributed by atoms with van der Waals surface area (Å²) >= 11 is 0. The van der Waals surface area contributed by atoms with Crippen LogP contribution >= 0.6 is 0 Å². The summed E-state index contributed by atoms with van der Waals surface area (Å²) in [6.45, 7) is 5.58. The standard InChI is InChI=1S/C20H25N3O/c1-2-21-20(22-12-10-16-6-5-9-19(24)14-16)23-13-11-17-7-3-4-8-18(17)15-23/h3-9,14,24H,2,10-13,15H2,1H3,(H,21,22). The molecule has 1 aliphatic heterocycles. The molecule has 0 atom stereocenters. The molecule has 0 saturated heterocycles.